The number of hydrogen-bond acceptors (Lipinski definition) is 4. The molecule has 1 aromatic heterocycles. The molecule has 3 rings (SSSR count). The number of aryl methyl sites for hydroxylation is 1. The molecule has 1 aliphatic rings. The number of carbonyl (C=O) groups is 1. The predicted octanol–water partition coefficient (Wildman–Crippen LogP) is 1.65. The third-order valence-electron chi connectivity index (χ3n) is 4.14. The molecule has 1 aliphatic heterocycles. The molecule has 0 spiro atoms. The van der Waals surface area contributed by atoms with Gasteiger partial charge < -0.3 is 15.2 Å². The van der Waals surface area contributed by atoms with E-state index in [0.717, 1.165) is 11.3 Å². The first-order valence-corrected chi connectivity index (χ1v) is 9.52. The molecule has 9 heteroatoms. The van der Waals surface area contributed by atoms with Crippen LogP contribution in [0.5, 0.6) is 0 Å². The Bertz CT molecular complexity index is 818. The van der Waals surface area contributed by atoms with E-state index in [1.165, 1.54) is 16.8 Å². The van der Waals surface area contributed by atoms with Gasteiger partial charge in [-0.1, -0.05) is 17.7 Å². The Hall–Kier alpha value is -2.39. The molecule has 1 saturated heterocycles. The summed E-state index contributed by atoms with van der Waals surface area (Å²) in [5, 5.41) is 2.92. The summed E-state index contributed by atoms with van der Waals surface area (Å²) in [6.07, 6.45) is 3.21. The third kappa shape index (κ3) is 3.99. The number of urea groups is 1. The zero-order valence-electron chi connectivity index (χ0n) is 14.0. The van der Waals surface area contributed by atoms with E-state index in [2.05, 4.69) is 15.3 Å². The van der Waals surface area contributed by atoms with Crippen LogP contribution in [-0.2, 0) is 10.0 Å². The van der Waals surface area contributed by atoms with Crippen LogP contribution in [0.25, 0.3) is 0 Å². The average molecular weight is 363 g/mol. The SMILES string of the molecule is Cc1ccc(NC(=O)N2CCCN(S(=O)(=O)c3cnc[nH]3)CC2)cc1. The Labute approximate surface area is 146 Å². The summed E-state index contributed by atoms with van der Waals surface area (Å²) in [7, 11) is -3.60. The minimum absolute atomic E-state index is 0.0741. The molecule has 0 aliphatic carbocycles. The van der Waals surface area contributed by atoms with Crippen molar-refractivity contribution >= 4 is 21.7 Å². The van der Waals surface area contributed by atoms with Crippen LogP contribution >= 0.6 is 0 Å². The maximum atomic E-state index is 12.5. The number of aromatic nitrogens is 2. The van der Waals surface area contributed by atoms with Crippen LogP contribution in [0.1, 0.15) is 12.0 Å². The van der Waals surface area contributed by atoms with E-state index < -0.39 is 10.0 Å². The van der Waals surface area contributed by atoms with Crippen molar-refractivity contribution in [1.29, 1.82) is 0 Å². The molecule has 1 aromatic carbocycles. The molecular formula is C16H21N5O3S. The summed E-state index contributed by atoms with van der Waals surface area (Å²) in [5.41, 5.74) is 1.84. The highest BCUT2D eigenvalue weighted by atomic mass is 32.2. The van der Waals surface area contributed by atoms with E-state index >= 15 is 0 Å². The van der Waals surface area contributed by atoms with E-state index in [9.17, 15) is 13.2 Å². The Kier molecular flexibility index (Phi) is 5.05. The maximum absolute atomic E-state index is 12.5. The third-order valence-corrected chi connectivity index (χ3v) is 5.96. The van der Waals surface area contributed by atoms with Gasteiger partial charge in [-0.2, -0.15) is 4.31 Å². The summed E-state index contributed by atoms with van der Waals surface area (Å²) in [5.74, 6) is 0. The molecule has 8 nitrogen and oxygen atoms in total. The second-order valence-electron chi connectivity index (χ2n) is 5.96. The van der Waals surface area contributed by atoms with Gasteiger partial charge in [-0.05, 0) is 25.5 Å². The number of rotatable bonds is 3. The minimum atomic E-state index is -3.60. The van der Waals surface area contributed by atoms with Crippen LogP contribution < -0.4 is 5.32 Å². The number of benzene rings is 1. The summed E-state index contributed by atoms with van der Waals surface area (Å²) in [6, 6.07) is 7.33. The Morgan fingerprint density at radius 1 is 1.16 bits per heavy atom. The normalized spacial score (nSPS) is 16.4. The standard InChI is InChI=1S/C16H21N5O3S/c1-13-3-5-14(6-4-13)19-16(22)20-7-2-8-21(10-9-20)25(23,24)15-11-17-12-18-15/h3-6,11-12H,2,7-10H2,1H3,(H,17,18)(H,19,22). The van der Waals surface area contributed by atoms with Crippen LogP contribution in [0.15, 0.2) is 41.8 Å². The van der Waals surface area contributed by atoms with Crippen LogP contribution in [0.4, 0.5) is 10.5 Å². The van der Waals surface area contributed by atoms with Gasteiger partial charge >= 0.3 is 6.03 Å². The number of nitrogens with zero attached hydrogens (tertiary/aromatic N) is 3. The second-order valence-corrected chi connectivity index (χ2v) is 7.86. The average Bonchev–Trinajstić information content (AvgIpc) is 3.02. The summed E-state index contributed by atoms with van der Waals surface area (Å²) in [4.78, 5) is 20.5. The van der Waals surface area contributed by atoms with Gasteiger partial charge in [0.1, 0.15) is 0 Å². The zero-order valence-corrected chi connectivity index (χ0v) is 14.8. The molecule has 0 atom stereocenters. The van der Waals surface area contributed by atoms with Crippen LogP contribution in [0, 0.1) is 6.92 Å². The number of imidazole rings is 1. The van der Waals surface area contributed by atoms with Crippen molar-refractivity contribution in [2.24, 2.45) is 0 Å². The number of carbonyl (C=O) groups excluding carboxylic acids is 1. The molecular weight excluding hydrogens is 342 g/mol. The fourth-order valence-corrected chi connectivity index (χ4v) is 4.07. The van der Waals surface area contributed by atoms with E-state index in [0.29, 0.717) is 26.1 Å². The van der Waals surface area contributed by atoms with Gasteiger partial charge in [-0.3, -0.25) is 0 Å². The Morgan fingerprint density at radius 2 is 1.92 bits per heavy atom. The van der Waals surface area contributed by atoms with Gasteiger partial charge in [0.25, 0.3) is 10.0 Å². The van der Waals surface area contributed by atoms with Crippen molar-refractivity contribution in [3.63, 3.8) is 0 Å². The number of anilines is 1. The summed E-state index contributed by atoms with van der Waals surface area (Å²) >= 11 is 0. The van der Waals surface area contributed by atoms with Gasteiger partial charge in [0, 0.05) is 31.9 Å². The highest BCUT2D eigenvalue weighted by Gasteiger charge is 2.29. The quantitative estimate of drug-likeness (QED) is 0.866. The number of H-pyrrole nitrogens is 1. The number of sulfonamides is 1. The number of amides is 2. The van der Waals surface area contributed by atoms with Gasteiger partial charge in [0.2, 0.25) is 0 Å². The van der Waals surface area contributed by atoms with Crippen LogP contribution in [0.3, 0.4) is 0 Å². The fourth-order valence-electron chi connectivity index (χ4n) is 2.70. The molecule has 1 fully saturated rings. The van der Waals surface area contributed by atoms with E-state index in [1.807, 2.05) is 31.2 Å². The maximum Gasteiger partial charge on any atom is 0.321 e. The summed E-state index contributed by atoms with van der Waals surface area (Å²) < 4.78 is 26.5. The van der Waals surface area contributed by atoms with Gasteiger partial charge in [-0.15, -0.1) is 0 Å². The van der Waals surface area contributed by atoms with Crippen molar-refractivity contribution in [3.05, 3.63) is 42.4 Å². The molecule has 0 saturated carbocycles. The lowest BCUT2D eigenvalue weighted by atomic mass is 10.2. The zero-order chi connectivity index (χ0) is 17.9. The minimum Gasteiger partial charge on any atom is -0.335 e. The Balaban J connectivity index is 1.63. The lowest BCUT2D eigenvalue weighted by Gasteiger charge is -2.22. The van der Waals surface area contributed by atoms with Gasteiger partial charge in [0.05, 0.1) is 12.5 Å². The van der Waals surface area contributed by atoms with Gasteiger partial charge in [-0.25, -0.2) is 18.2 Å². The lowest BCUT2D eigenvalue weighted by Crippen LogP contribution is -2.39. The van der Waals surface area contributed by atoms with E-state index in [4.69, 9.17) is 0 Å². The van der Waals surface area contributed by atoms with Crippen molar-refractivity contribution in [2.75, 3.05) is 31.5 Å². The first kappa shape index (κ1) is 17.4. The van der Waals surface area contributed by atoms with E-state index in [-0.39, 0.29) is 17.6 Å². The first-order chi connectivity index (χ1) is 12.0. The van der Waals surface area contributed by atoms with Crippen molar-refractivity contribution < 1.29 is 13.2 Å². The van der Waals surface area contributed by atoms with E-state index in [1.54, 1.807) is 4.90 Å². The monoisotopic (exact) mass is 363 g/mol. The van der Waals surface area contributed by atoms with Gasteiger partial charge in [0.15, 0.2) is 5.03 Å². The molecule has 2 N–H and O–H groups in total. The number of nitrogens with one attached hydrogen (secondary N) is 2. The second kappa shape index (κ2) is 7.24. The van der Waals surface area contributed by atoms with Crippen molar-refractivity contribution in [2.45, 2.75) is 18.4 Å². The molecule has 2 aromatic rings. The molecule has 0 unspecified atom stereocenters. The van der Waals surface area contributed by atoms with Crippen LogP contribution in [-0.4, -0.2) is 59.8 Å². The summed E-state index contributed by atoms with van der Waals surface area (Å²) in [6.45, 7) is 3.45. The molecule has 2 heterocycles. The topological polar surface area (TPSA) is 98.4 Å². The first-order valence-electron chi connectivity index (χ1n) is 8.08. The largest absolute Gasteiger partial charge is 0.335 e. The highest BCUT2D eigenvalue weighted by molar-refractivity contribution is 7.89. The van der Waals surface area contributed by atoms with Crippen molar-refractivity contribution in [3.8, 4) is 0 Å². The Morgan fingerprint density at radius 3 is 2.60 bits per heavy atom. The number of aromatic amines is 1. The van der Waals surface area contributed by atoms with Crippen molar-refractivity contribution in [1.82, 2.24) is 19.2 Å². The molecule has 0 radical (unpaired) electrons. The number of hydrogen-bond donors (Lipinski definition) is 2. The van der Waals surface area contributed by atoms with Crippen LogP contribution in [0.2, 0.25) is 0 Å². The fraction of sp³-hybridized carbons (Fsp3) is 0.375. The molecule has 134 valence electrons. The predicted molar refractivity (Wildman–Crippen MR) is 93.7 cm³/mol. The molecule has 0 bridgehead atoms. The smallest absolute Gasteiger partial charge is 0.321 e. The molecule has 2 amide bonds. The highest BCUT2D eigenvalue weighted by Crippen LogP contribution is 2.16. The molecule has 25 heavy (non-hydrogen) atoms. The lowest BCUT2D eigenvalue weighted by molar-refractivity contribution is 0.214.